The Bertz CT molecular complexity index is 865. The lowest BCUT2D eigenvalue weighted by Gasteiger charge is -2.26. The number of ether oxygens (including phenoxy) is 1. The summed E-state index contributed by atoms with van der Waals surface area (Å²) in [5.74, 6) is -0.408. The van der Waals surface area contributed by atoms with Crippen LogP contribution in [-0.4, -0.2) is 17.6 Å². The highest BCUT2D eigenvalue weighted by atomic mass is 32.1. The molecule has 0 saturated carbocycles. The monoisotopic (exact) mass is 336 g/mol. The molecule has 0 aliphatic carbocycles. The maximum Gasteiger partial charge on any atom is 0.317 e. The van der Waals surface area contributed by atoms with Crippen molar-refractivity contribution in [2.45, 2.75) is 18.8 Å². The standard InChI is InChI=1S/C19H16N2O2S/c1-19(18(22)23-12-11-20,14-7-3-2-4-8-14)13-17-21-15-9-5-6-10-16(15)24-17/h2-10H,12-13H2,1H3/t19-/m0/s1. The van der Waals surface area contributed by atoms with Gasteiger partial charge in [-0.3, -0.25) is 4.79 Å². The zero-order valence-electron chi connectivity index (χ0n) is 13.2. The molecule has 1 atom stereocenters. The number of rotatable bonds is 5. The Morgan fingerprint density at radius 3 is 2.62 bits per heavy atom. The predicted octanol–water partition coefficient (Wildman–Crippen LogP) is 3.86. The molecule has 0 amide bonds. The third-order valence-corrected chi connectivity index (χ3v) is 5.01. The van der Waals surface area contributed by atoms with Crippen molar-refractivity contribution in [1.82, 2.24) is 4.98 Å². The molecule has 0 radical (unpaired) electrons. The van der Waals surface area contributed by atoms with Gasteiger partial charge in [0.05, 0.1) is 20.6 Å². The molecule has 0 fully saturated rings. The van der Waals surface area contributed by atoms with E-state index < -0.39 is 11.4 Å². The molecule has 0 N–H and O–H groups in total. The van der Waals surface area contributed by atoms with Gasteiger partial charge in [-0.2, -0.15) is 5.26 Å². The molecule has 4 nitrogen and oxygen atoms in total. The minimum absolute atomic E-state index is 0.249. The summed E-state index contributed by atoms with van der Waals surface area (Å²) in [7, 11) is 0. The van der Waals surface area contributed by atoms with Crippen LogP contribution in [-0.2, 0) is 21.4 Å². The molecule has 24 heavy (non-hydrogen) atoms. The quantitative estimate of drug-likeness (QED) is 0.664. The zero-order valence-corrected chi connectivity index (χ0v) is 14.0. The molecule has 2 aromatic carbocycles. The molecule has 0 spiro atoms. The largest absolute Gasteiger partial charge is 0.450 e. The lowest BCUT2D eigenvalue weighted by molar-refractivity contribution is -0.148. The lowest BCUT2D eigenvalue weighted by atomic mass is 9.79. The van der Waals surface area contributed by atoms with Gasteiger partial charge in [0.25, 0.3) is 0 Å². The first-order valence-electron chi connectivity index (χ1n) is 7.57. The maximum atomic E-state index is 12.6. The first-order chi connectivity index (χ1) is 11.6. The average molecular weight is 336 g/mol. The summed E-state index contributed by atoms with van der Waals surface area (Å²) >= 11 is 1.58. The summed E-state index contributed by atoms with van der Waals surface area (Å²) in [5.41, 5.74) is 0.900. The van der Waals surface area contributed by atoms with Gasteiger partial charge in [0.1, 0.15) is 6.07 Å². The van der Waals surface area contributed by atoms with Gasteiger partial charge in [-0.1, -0.05) is 42.5 Å². The van der Waals surface area contributed by atoms with Crippen LogP contribution in [0.3, 0.4) is 0 Å². The molecule has 1 heterocycles. The van der Waals surface area contributed by atoms with Crippen molar-refractivity contribution < 1.29 is 9.53 Å². The summed E-state index contributed by atoms with van der Waals surface area (Å²) in [5, 5.41) is 9.57. The number of para-hydroxylation sites is 1. The van der Waals surface area contributed by atoms with Gasteiger partial charge in [0, 0.05) is 6.42 Å². The highest BCUT2D eigenvalue weighted by Gasteiger charge is 2.38. The number of fused-ring (bicyclic) bond motifs is 1. The summed E-state index contributed by atoms with van der Waals surface area (Å²) in [4.78, 5) is 17.3. The number of esters is 1. The second-order valence-electron chi connectivity index (χ2n) is 5.68. The second kappa shape index (κ2) is 6.81. The van der Waals surface area contributed by atoms with E-state index in [9.17, 15) is 4.79 Å². The summed E-state index contributed by atoms with van der Waals surface area (Å²) < 4.78 is 6.22. The molecule has 3 aromatic rings. The first-order valence-corrected chi connectivity index (χ1v) is 8.39. The molecule has 0 bridgehead atoms. The number of hydrogen-bond acceptors (Lipinski definition) is 5. The van der Waals surface area contributed by atoms with Crippen molar-refractivity contribution >= 4 is 27.5 Å². The van der Waals surface area contributed by atoms with Gasteiger partial charge >= 0.3 is 5.97 Å². The van der Waals surface area contributed by atoms with Gasteiger partial charge < -0.3 is 4.74 Å². The normalized spacial score (nSPS) is 13.2. The highest BCUT2D eigenvalue weighted by molar-refractivity contribution is 7.18. The van der Waals surface area contributed by atoms with Crippen molar-refractivity contribution in [2.24, 2.45) is 0 Å². The summed E-state index contributed by atoms with van der Waals surface area (Å²) in [6, 6.07) is 19.3. The number of hydrogen-bond donors (Lipinski definition) is 0. The Morgan fingerprint density at radius 2 is 1.92 bits per heavy atom. The number of aromatic nitrogens is 1. The van der Waals surface area contributed by atoms with Crippen molar-refractivity contribution in [2.75, 3.05) is 6.61 Å². The van der Waals surface area contributed by atoms with Crippen LogP contribution in [0.5, 0.6) is 0 Å². The van der Waals surface area contributed by atoms with Crippen LogP contribution in [0.25, 0.3) is 10.2 Å². The fourth-order valence-corrected chi connectivity index (χ4v) is 3.78. The predicted molar refractivity (Wildman–Crippen MR) is 93.7 cm³/mol. The Labute approximate surface area is 144 Å². The van der Waals surface area contributed by atoms with Crippen LogP contribution in [0.15, 0.2) is 54.6 Å². The topological polar surface area (TPSA) is 63.0 Å². The molecule has 120 valence electrons. The van der Waals surface area contributed by atoms with Crippen LogP contribution in [0.2, 0.25) is 0 Å². The van der Waals surface area contributed by atoms with Crippen molar-refractivity contribution in [3.63, 3.8) is 0 Å². The van der Waals surface area contributed by atoms with Crippen molar-refractivity contribution in [3.05, 3.63) is 65.2 Å². The van der Waals surface area contributed by atoms with Gasteiger partial charge in [0.15, 0.2) is 6.61 Å². The fourth-order valence-electron chi connectivity index (χ4n) is 2.65. The Morgan fingerprint density at radius 1 is 1.21 bits per heavy atom. The van der Waals surface area contributed by atoms with Crippen molar-refractivity contribution in [3.8, 4) is 6.07 Å². The van der Waals surface area contributed by atoms with Crippen LogP contribution in [0, 0.1) is 11.3 Å². The van der Waals surface area contributed by atoms with Crippen LogP contribution >= 0.6 is 11.3 Å². The molecule has 3 rings (SSSR count). The molecule has 1 aromatic heterocycles. The van der Waals surface area contributed by atoms with Crippen LogP contribution in [0.4, 0.5) is 0 Å². The van der Waals surface area contributed by atoms with E-state index in [1.54, 1.807) is 11.3 Å². The smallest absolute Gasteiger partial charge is 0.317 e. The fraction of sp³-hybridized carbons (Fsp3) is 0.211. The van der Waals surface area contributed by atoms with E-state index in [4.69, 9.17) is 10.00 Å². The van der Waals surface area contributed by atoms with E-state index in [0.29, 0.717) is 6.42 Å². The third-order valence-electron chi connectivity index (χ3n) is 3.97. The maximum absolute atomic E-state index is 12.6. The van der Waals surface area contributed by atoms with E-state index >= 15 is 0 Å². The molecule has 0 aliphatic rings. The zero-order chi connectivity index (χ0) is 17.0. The number of nitrogens with zero attached hydrogens (tertiary/aromatic N) is 2. The lowest BCUT2D eigenvalue weighted by Crippen LogP contribution is -2.36. The van der Waals surface area contributed by atoms with Gasteiger partial charge in [-0.25, -0.2) is 4.98 Å². The van der Waals surface area contributed by atoms with E-state index in [0.717, 1.165) is 20.8 Å². The Hall–Kier alpha value is -2.71. The molecular weight excluding hydrogens is 320 g/mol. The molecule has 0 unspecified atom stereocenters. The number of carbonyl (C=O) groups excluding carboxylic acids is 1. The van der Waals surface area contributed by atoms with E-state index in [-0.39, 0.29) is 6.61 Å². The summed E-state index contributed by atoms with van der Waals surface area (Å²) in [6.45, 7) is 1.59. The number of nitriles is 1. The highest BCUT2D eigenvalue weighted by Crippen LogP contribution is 2.33. The van der Waals surface area contributed by atoms with Crippen LogP contribution < -0.4 is 0 Å². The Balaban J connectivity index is 1.98. The van der Waals surface area contributed by atoms with Crippen molar-refractivity contribution in [1.29, 1.82) is 5.26 Å². The van der Waals surface area contributed by atoms with E-state index in [1.165, 1.54) is 0 Å². The molecular formula is C19H16N2O2S. The molecule has 5 heteroatoms. The van der Waals surface area contributed by atoms with Gasteiger partial charge in [-0.15, -0.1) is 11.3 Å². The SMILES string of the molecule is C[C@@](Cc1nc2ccccc2s1)(C(=O)OCC#N)c1ccccc1. The van der Waals surface area contributed by atoms with E-state index in [2.05, 4.69) is 4.98 Å². The number of carbonyl (C=O) groups is 1. The number of benzene rings is 2. The average Bonchev–Trinajstić information content (AvgIpc) is 3.02. The van der Waals surface area contributed by atoms with Gasteiger partial charge in [-0.05, 0) is 24.6 Å². The first kappa shape index (κ1) is 16.2. The summed E-state index contributed by atoms with van der Waals surface area (Å²) in [6.07, 6.45) is 0.431. The number of thiazole rings is 1. The van der Waals surface area contributed by atoms with Gasteiger partial charge in [0.2, 0.25) is 0 Å². The third kappa shape index (κ3) is 3.15. The Kier molecular flexibility index (Phi) is 4.59. The minimum atomic E-state index is -0.883. The van der Waals surface area contributed by atoms with E-state index in [1.807, 2.05) is 67.6 Å². The molecule has 0 saturated heterocycles. The second-order valence-corrected chi connectivity index (χ2v) is 6.80. The molecule has 0 aliphatic heterocycles. The minimum Gasteiger partial charge on any atom is -0.450 e. The van der Waals surface area contributed by atoms with Crippen LogP contribution in [0.1, 0.15) is 17.5 Å².